The predicted molar refractivity (Wildman–Crippen MR) is 97.2 cm³/mol. The summed E-state index contributed by atoms with van der Waals surface area (Å²) in [6.45, 7) is -0.580. The average molecular weight is 458 g/mol. The van der Waals surface area contributed by atoms with Gasteiger partial charge in [0.2, 0.25) is 0 Å². The maximum atomic E-state index is 13.0. The summed E-state index contributed by atoms with van der Waals surface area (Å²) in [5.74, 6) is -2.24. The number of aliphatic carboxylic acids is 1. The molecule has 0 saturated heterocycles. The maximum Gasteiger partial charge on any atom is 0.416 e. The quantitative estimate of drug-likeness (QED) is 0.501. The largest absolute Gasteiger partial charge is 0.480 e. The molecule has 0 spiro atoms. The maximum absolute atomic E-state index is 13.0. The van der Waals surface area contributed by atoms with Crippen LogP contribution in [-0.2, 0) is 17.1 Å². The molecule has 32 heavy (non-hydrogen) atoms. The fourth-order valence-corrected chi connectivity index (χ4v) is 2.64. The minimum absolute atomic E-state index is 0.00515. The van der Waals surface area contributed by atoms with Crippen LogP contribution in [0.1, 0.15) is 21.5 Å². The van der Waals surface area contributed by atoms with Crippen LogP contribution in [0.25, 0.3) is 22.8 Å². The Morgan fingerprint density at radius 1 is 0.906 bits per heavy atom. The van der Waals surface area contributed by atoms with Gasteiger partial charge in [-0.3, -0.25) is 14.7 Å². The summed E-state index contributed by atoms with van der Waals surface area (Å²) in [6.07, 6.45) is -10.0. The summed E-state index contributed by atoms with van der Waals surface area (Å²) in [5, 5.41) is 16.8. The van der Waals surface area contributed by atoms with Gasteiger partial charge >= 0.3 is 18.3 Å². The van der Waals surface area contributed by atoms with E-state index in [1.165, 1.54) is 24.3 Å². The molecule has 3 N–H and O–H groups in total. The molecule has 0 aliphatic heterocycles. The van der Waals surface area contributed by atoms with Gasteiger partial charge in [-0.05, 0) is 30.3 Å². The molecule has 0 bridgehead atoms. The van der Waals surface area contributed by atoms with Crippen molar-refractivity contribution in [2.24, 2.45) is 0 Å². The van der Waals surface area contributed by atoms with Crippen molar-refractivity contribution >= 4 is 11.9 Å². The SMILES string of the molecule is O=C(O)CNC(=O)c1ccc(-c2nc(-c3cc(C(F)(F)F)cc(C(F)(F)F)c3)n[nH]2)cc1. The number of rotatable bonds is 5. The molecule has 3 aromatic rings. The highest BCUT2D eigenvalue weighted by Crippen LogP contribution is 2.38. The van der Waals surface area contributed by atoms with Crippen molar-refractivity contribution in [1.29, 1.82) is 0 Å². The number of alkyl halides is 6. The summed E-state index contributed by atoms with van der Waals surface area (Å²) < 4.78 is 78.3. The van der Waals surface area contributed by atoms with Gasteiger partial charge in [-0.1, -0.05) is 12.1 Å². The van der Waals surface area contributed by atoms with Crippen LogP contribution in [0.5, 0.6) is 0 Å². The van der Waals surface area contributed by atoms with Gasteiger partial charge in [-0.15, -0.1) is 0 Å². The number of benzene rings is 2. The number of halogens is 6. The predicted octanol–water partition coefficient (Wildman–Crippen LogP) is 3.99. The molecule has 0 aliphatic rings. The van der Waals surface area contributed by atoms with Crippen LogP contribution in [0, 0.1) is 0 Å². The zero-order valence-corrected chi connectivity index (χ0v) is 15.7. The molecule has 0 saturated carbocycles. The molecule has 3 rings (SSSR count). The zero-order valence-electron chi connectivity index (χ0n) is 15.7. The van der Waals surface area contributed by atoms with Gasteiger partial charge in [0.1, 0.15) is 6.54 Å². The molecule has 13 heteroatoms. The standard InChI is InChI=1S/C19H12F6N4O3/c20-18(21,22)12-5-11(6-13(7-12)19(23,24)25)16-27-15(28-29-16)9-1-3-10(4-2-9)17(32)26-8-14(30)31/h1-7H,8H2,(H,26,32)(H,30,31)(H,27,28,29). The summed E-state index contributed by atoms with van der Waals surface area (Å²) in [5.41, 5.74) is -3.01. The van der Waals surface area contributed by atoms with Crippen molar-refractivity contribution in [2.45, 2.75) is 12.4 Å². The van der Waals surface area contributed by atoms with E-state index in [-0.39, 0.29) is 23.3 Å². The van der Waals surface area contributed by atoms with Crippen LogP contribution in [0.15, 0.2) is 42.5 Å². The Morgan fingerprint density at radius 3 is 1.97 bits per heavy atom. The van der Waals surface area contributed by atoms with E-state index >= 15 is 0 Å². The Bertz CT molecular complexity index is 1120. The van der Waals surface area contributed by atoms with E-state index in [4.69, 9.17) is 5.11 Å². The molecule has 0 radical (unpaired) electrons. The number of nitrogens with zero attached hydrogens (tertiary/aromatic N) is 2. The second-order valence-electron chi connectivity index (χ2n) is 6.46. The first-order valence-corrected chi connectivity index (χ1v) is 8.67. The molecular weight excluding hydrogens is 446 g/mol. The van der Waals surface area contributed by atoms with Crippen molar-refractivity contribution in [3.05, 3.63) is 59.2 Å². The third-order valence-electron chi connectivity index (χ3n) is 4.15. The Balaban J connectivity index is 1.90. The number of carbonyl (C=O) groups is 2. The number of amides is 1. The third kappa shape index (κ3) is 5.22. The Labute approximate surface area is 175 Å². The van der Waals surface area contributed by atoms with E-state index in [0.717, 1.165) is 0 Å². The van der Waals surface area contributed by atoms with Crippen LogP contribution in [0.4, 0.5) is 26.3 Å². The van der Waals surface area contributed by atoms with Gasteiger partial charge in [0, 0.05) is 16.7 Å². The minimum atomic E-state index is -5.01. The Morgan fingerprint density at radius 2 is 1.47 bits per heavy atom. The number of hydrogen-bond donors (Lipinski definition) is 3. The number of carbonyl (C=O) groups excluding carboxylic acids is 1. The smallest absolute Gasteiger partial charge is 0.416 e. The van der Waals surface area contributed by atoms with Crippen LogP contribution < -0.4 is 5.32 Å². The number of carboxylic acid groups (broad SMARTS) is 1. The van der Waals surface area contributed by atoms with Gasteiger partial charge in [0.25, 0.3) is 5.91 Å². The topological polar surface area (TPSA) is 108 Å². The first-order valence-electron chi connectivity index (χ1n) is 8.67. The van der Waals surface area contributed by atoms with Gasteiger partial charge in [-0.2, -0.15) is 31.4 Å². The summed E-state index contributed by atoms with van der Waals surface area (Å²) in [6, 6.07) is 6.49. The lowest BCUT2D eigenvalue weighted by atomic mass is 10.0. The highest BCUT2D eigenvalue weighted by atomic mass is 19.4. The number of nitrogens with one attached hydrogen (secondary N) is 2. The minimum Gasteiger partial charge on any atom is -0.480 e. The molecule has 0 fully saturated rings. The summed E-state index contributed by atoms with van der Waals surface area (Å²) in [4.78, 5) is 26.3. The van der Waals surface area contributed by atoms with Gasteiger partial charge in [-0.25, -0.2) is 4.98 Å². The fourth-order valence-electron chi connectivity index (χ4n) is 2.64. The lowest BCUT2D eigenvalue weighted by Gasteiger charge is -2.13. The monoisotopic (exact) mass is 458 g/mol. The molecule has 0 unspecified atom stereocenters. The van der Waals surface area contributed by atoms with E-state index in [2.05, 4.69) is 20.5 Å². The lowest BCUT2D eigenvalue weighted by molar-refractivity contribution is -0.143. The highest BCUT2D eigenvalue weighted by molar-refractivity contribution is 5.96. The number of aromatic nitrogens is 3. The van der Waals surface area contributed by atoms with E-state index in [9.17, 15) is 35.9 Å². The molecule has 1 heterocycles. The first-order chi connectivity index (χ1) is 14.8. The van der Waals surface area contributed by atoms with Crippen molar-refractivity contribution in [1.82, 2.24) is 20.5 Å². The lowest BCUT2D eigenvalue weighted by Crippen LogP contribution is -2.29. The highest BCUT2D eigenvalue weighted by Gasteiger charge is 2.37. The number of carboxylic acids is 1. The number of H-pyrrole nitrogens is 1. The van der Waals surface area contributed by atoms with Crippen LogP contribution in [0.3, 0.4) is 0 Å². The third-order valence-corrected chi connectivity index (χ3v) is 4.15. The van der Waals surface area contributed by atoms with Gasteiger partial charge in [0.15, 0.2) is 11.6 Å². The zero-order chi connectivity index (χ0) is 23.7. The van der Waals surface area contributed by atoms with Crippen molar-refractivity contribution in [3.8, 4) is 22.8 Å². The molecule has 0 atom stereocenters. The first kappa shape index (κ1) is 22.8. The molecule has 2 aromatic carbocycles. The van der Waals surface area contributed by atoms with Gasteiger partial charge in [0.05, 0.1) is 11.1 Å². The second-order valence-corrected chi connectivity index (χ2v) is 6.46. The summed E-state index contributed by atoms with van der Waals surface area (Å²) >= 11 is 0. The van der Waals surface area contributed by atoms with E-state index in [1.807, 2.05) is 0 Å². The molecule has 1 aromatic heterocycles. The van der Waals surface area contributed by atoms with Crippen LogP contribution in [-0.4, -0.2) is 38.7 Å². The normalized spacial score (nSPS) is 11.9. The van der Waals surface area contributed by atoms with Gasteiger partial charge < -0.3 is 10.4 Å². The molecule has 168 valence electrons. The molecule has 1 amide bonds. The summed E-state index contributed by atoms with van der Waals surface area (Å²) in [7, 11) is 0. The number of hydrogen-bond acceptors (Lipinski definition) is 4. The van der Waals surface area contributed by atoms with Crippen LogP contribution >= 0.6 is 0 Å². The second kappa shape index (κ2) is 8.32. The van der Waals surface area contributed by atoms with Crippen molar-refractivity contribution in [3.63, 3.8) is 0 Å². The molecule has 7 nitrogen and oxygen atoms in total. The van der Waals surface area contributed by atoms with E-state index < -0.39 is 47.5 Å². The average Bonchev–Trinajstić information content (AvgIpc) is 3.21. The Hall–Kier alpha value is -3.90. The van der Waals surface area contributed by atoms with Crippen molar-refractivity contribution in [2.75, 3.05) is 6.54 Å². The number of aromatic amines is 1. The van der Waals surface area contributed by atoms with E-state index in [1.54, 1.807) is 0 Å². The van der Waals surface area contributed by atoms with Crippen LogP contribution in [0.2, 0.25) is 0 Å². The fraction of sp³-hybridized carbons (Fsp3) is 0.158. The Kier molecular flexibility index (Phi) is 5.92. The van der Waals surface area contributed by atoms with Crippen molar-refractivity contribution < 1.29 is 41.0 Å². The van der Waals surface area contributed by atoms with E-state index in [0.29, 0.717) is 17.7 Å². The molecular formula is C19H12F6N4O3. The molecule has 0 aliphatic carbocycles.